The highest BCUT2D eigenvalue weighted by Crippen LogP contribution is 2.15. The molecule has 1 amide bonds. The highest BCUT2D eigenvalue weighted by atomic mass is 19.1. The smallest absolute Gasteiger partial charge is 0.254 e. The number of pyridine rings is 1. The molecule has 0 spiro atoms. The van der Waals surface area contributed by atoms with E-state index in [-0.39, 0.29) is 11.5 Å². The Kier molecular flexibility index (Phi) is 4.25. The van der Waals surface area contributed by atoms with Crippen molar-refractivity contribution in [1.29, 1.82) is 0 Å². The number of hydrogen-bond acceptors (Lipinski definition) is 3. The molecule has 4 nitrogen and oxygen atoms in total. The number of halogens is 1. The number of likely N-dealkylation sites (tertiary alicyclic amines) is 1. The van der Waals surface area contributed by atoms with Crippen LogP contribution in [0.1, 0.15) is 30.1 Å². The molecule has 1 N–H and O–H groups in total. The molecule has 1 aromatic rings. The van der Waals surface area contributed by atoms with Crippen molar-refractivity contribution >= 4 is 5.91 Å². The Morgan fingerprint density at radius 2 is 2.50 bits per heavy atom. The lowest BCUT2D eigenvalue weighted by atomic mass is 10.2. The lowest BCUT2D eigenvalue weighted by Gasteiger charge is -2.22. The van der Waals surface area contributed by atoms with E-state index in [1.165, 1.54) is 12.3 Å². The van der Waals surface area contributed by atoms with Crippen molar-refractivity contribution in [2.24, 2.45) is 0 Å². The first-order valence-electron chi connectivity index (χ1n) is 6.34. The van der Waals surface area contributed by atoms with Gasteiger partial charge in [0.1, 0.15) is 0 Å². The van der Waals surface area contributed by atoms with E-state index in [0.29, 0.717) is 12.6 Å². The number of carbonyl (C=O) groups is 1. The highest BCUT2D eigenvalue weighted by molar-refractivity contribution is 5.94. The average molecular weight is 251 g/mol. The molecule has 1 fully saturated rings. The Hall–Kier alpha value is -1.49. The summed E-state index contributed by atoms with van der Waals surface area (Å²) in [6.45, 7) is 4.77. The average Bonchev–Trinajstić information content (AvgIpc) is 2.84. The lowest BCUT2D eigenvalue weighted by Crippen LogP contribution is -2.40. The van der Waals surface area contributed by atoms with Crippen molar-refractivity contribution in [2.45, 2.75) is 25.8 Å². The van der Waals surface area contributed by atoms with Gasteiger partial charge in [0.2, 0.25) is 0 Å². The first-order valence-corrected chi connectivity index (χ1v) is 6.34. The first kappa shape index (κ1) is 13.0. The molecular weight excluding hydrogens is 233 g/mol. The van der Waals surface area contributed by atoms with E-state index in [1.807, 2.05) is 0 Å². The van der Waals surface area contributed by atoms with Crippen LogP contribution in [-0.4, -0.2) is 41.5 Å². The van der Waals surface area contributed by atoms with Gasteiger partial charge in [0.25, 0.3) is 5.91 Å². The summed E-state index contributed by atoms with van der Waals surface area (Å²) in [7, 11) is 0. The zero-order valence-corrected chi connectivity index (χ0v) is 10.5. The predicted octanol–water partition coefficient (Wildman–Crippen LogP) is 1.43. The molecule has 18 heavy (non-hydrogen) atoms. The normalized spacial score (nSPS) is 20.0. The molecule has 1 atom stereocenters. The third kappa shape index (κ3) is 2.85. The molecule has 0 saturated carbocycles. The zero-order chi connectivity index (χ0) is 13.0. The lowest BCUT2D eigenvalue weighted by molar-refractivity contribution is 0.0937. The molecule has 1 unspecified atom stereocenters. The van der Waals surface area contributed by atoms with Crippen LogP contribution in [0.4, 0.5) is 4.39 Å². The molecule has 5 heteroatoms. The summed E-state index contributed by atoms with van der Waals surface area (Å²) in [5.74, 6) is -0.938. The van der Waals surface area contributed by atoms with Gasteiger partial charge in [-0.15, -0.1) is 0 Å². The van der Waals surface area contributed by atoms with Gasteiger partial charge in [0.15, 0.2) is 5.82 Å². The molecule has 0 aromatic carbocycles. The Balaban J connectivity index is 1.91. The minimum atomic E-state index is -0.575. The van der Waals surface area contributed by atoms with Crippen molar-refractivity contribution in [3.05, 3.63) is 29.8 Å². The van der Waals surface area contributed by atoms with E-state index in [1.54, 1.807) is 0 Å². The molecule has 0 radical (unpaired) electrons. The van der Waals surface area contributed by atoms with Gasteiger partial charge < -0.3 is 5.32 Å². The van der Waals surface area contributed by atoms with Crippen LogP contribution < -0.4 is 5.32 Å². The quantitative estimate of drug-likeness (QED) is 0.880. The van der Waals surface area contributed by atoms with Gasteiger partial charge >= 0.3 is 0 Å². The summed E-state index contributed by atoms with van der Waals surface area (Å²) < 4.78 is 13.3. The van der Waals surface area contributed by atoms with E-state index in [4.69, 9.17) is 0 Å². The van der Waals surface area contributed by atoms with Gasteiger partial charge in [-0.05, 0) is 32.0 Å². The molecule has 1 aliphatic rings. The van der Waals surface area contributed by atoms with Crippen molar-refractivity contribution in [1.82, 2.24) is 15.2 Å². The van der Waals surface area contributed by atoms with E-state index < -0.39 is 5.82 Å². The van der Waals surface area contributed by atoms with E-state index in [9.17, 15) is 9.18 Å². The van der Waals surface area contributed by atoms with Crippen LogP contribution >= 0.6 is 0 Å². The number of aromatic nitrogens is 1. The first-order chi connectivity index (χ1) is 8.72. The number of rotatable bonds is 4. The topological polar surface area (TPSA) is 45.2 Å². The maximum Gasteiger partial charge on any atom is 0.254 e. The number of nitrogens with zero attached hydrogens (tertiary/aromatic N) is 2. The number of amides is 1. The van der Waals surface area contributed by atoms with Gasteiger partial charge in [-0.1, -0.05) is 6.92 Å². The van der Waals surface area contributed by atoms with Crippen LogP contribution in [0, 0.1) is 5.82 Å². The second kappa shape index (κ2) is 5.91. The maximum absolute atomic E-state index is 13.3. The number of hydrogen-bond donors (Lipinski definition) is 1. The van der Waals surface area contributed by atoms with E-state index in [0.717, 1.165) is 32.1 Å². The molecule has 2 heterocycles. The number of likely N-dealkylation sites (N-methyl/N-ethyl adjacent to an activating group) is 1. The standard InChI is InChI=1S/C13H18FN3O/c1-2-17-7-3-4-10(17)8-16-13(18)11-5-6-15-9-12(11)14/h5-6,9-10H,2-4,7-8H2,1H3,(H,16,18). The largest absolute Gasteiger partial charge is 0.350 e. The molecule has 1 aromatic heterocycles. The number of nitrogens with one attached hydrogen (secondary N) is 1. The SMILES string of the molecule is CCN1CCCC1CNC(=O)c1ccncc1F. The van der Waals surface area contributed by atoms with Crippen LogP contribution in [0.5, 0.6) is 0 Å². The van der Waals surface area contributed by atoms with Gasteiger partial charge in [0, 0.05) is 18.8 Å². The maximum atomic E-state index is 13.3. The number of carbonyl (C=O) groups excluding carboxylic acids is 1. The molecule has 1 aliphatic heterocycles. The van der Waals surface area contributed by atoms with Crippen molar-refractivity contribution in [3.63, 3.8) is 0 Å². The Labute approximate surface area is 106 Å². The van der Waals surface area contributed by atoms with Gasteiger partial charge in [-0.25, -0.2) is 4.39 Å². The summed E-state index contributed by atoms with van der Waals surface area (Å²) in [5, 5.41) is 2.80. The fourth-order valence-corrected chi connectivity index (χ4v) is 2.41. The van der Waals surface area contributed by atoms with Crippen LogP contribution in [0.2, 0.25) is 0 Å². The second-order valence-corrected chi connectivity index (χ2v) is 4.49. The van der Waals surface area contributed by atoms with Gasteiger partial charge in [-0.2, -0.15) is 0 Å². The van der Waals surface area contributed by atoms with Crippen LogP contribution in [0.3, 0.4) is 0 Å². The van der Waals surface area contributed by atoms with Gasteiger partial charge in [0.05, 0.1) is 11.8 Å². The molecule has 1 saturated heterocycles. The van der Waals surface area contributed by atoms with Gasteiger partial charge in [-0.3, -0.25) is 14.7 Å². The van der Waals surface area contributed by atoms with E-state index in [2.05, 4.69) is 22.1 Å². The summed E-state index contributed by atoms with van der Waals surface area (Å²) in [6, 6.07) is 1.78. The third-order valence-corrected chi connectivity index (χ3v) is 3.42. The molecule has 2 rings (SSSR count). The van der Waals surface area contributed by atoms with Crippen LogP contribution in [0.25, 0.3) is 0 Å². The minimum Gasteiger partial charge on any atom is -0.350 e. The highest BCUT2D eigenvalue weighted by Gasteiger charge is 2.23. The summed E-state index contributed by atoms with van der Waals surface area (Å²) in [5.41, 5.74) is 0.0612. The monoisotopic (exact) mass is 251 g/mol. The summed E-state index contributed by atoms with van der Waals surface area (Å²) in [4.78, 5) is 17.8. The third-order valence-electron chi connectivity index (χ3n) is 3.42. The fraction of sp³-hybridized carbons (Fsp3) is 0.538. The fourth-order valence-electron chi connectivity index (χ4n) is 2.41. The Bertz CT molecular complexity index is 424. The van der Waals surface area contributed by atoms with Crippen molar-refractivity contribution < 1.29 is 9.18 Å². The Morgan fingerprint density at radius 1 is 1.67 bits per heavy atom. The predicted molar refractivity (Wildman–Crippen MR) is 66.8 cm³/mol. The summed E-state index contributed by atoms with van der Waals surface area (Å²) >= 11 is 0. The Morgan fingerprint density at radius 3 is 3.22 bits per heavy atom. The molecule has 0 bridgehead atoms. The van der Waals surface area contributed by atoms with E-state index >= 15 is 0 Å². The molecule has 98 valence electrons. The zero-order valence-electron chi connectivity index (χ0n) is 10.5. The molecular formula is C13H18FN3O. The van der Waals surface area contributed by atoms with Crippen molar-refractivity contribution in [2.75, 3.05) is 19.6 Å². The van der Waals surface area contributed by atoms with Crippen LogP contribution in [0.15, 0.2) is 18.5 Å². The van der Waals surface area contributed by atoms with Crippen molar-refractivity contribution in [3.8, 4) is 0 Å². The van der Waals surface area contributed by atoms with Crippen LogP contribution in [-0.2, 0) is 0 Å². The second-order valence-electron chi connectivity index (χ2n) is 4.49. The minimum absolute atomic E-state index is 0.0612. The summed E-state index contributed by atoms with van der Waals surface area (Å²) in [6.07, 6.45) is 4.74. The molecule has 0 aliphatic carbocycles.